The van der Waals surface area contributed by atoms with Crippen molar-refractivity contribution in [3.8, 4) is 0 Å². The van der Waals surface area contributed by atoms with Crippen LogP contribution in [0, 0.1) is 6.92 Å². The van der Waals surface area contributed by atoms with Crippen LogP contribution < -0.4 is 11.2 Å². The van der Waals surface area contributed by atoms with Gasteiger partial charge in [0, 0.05) is 29.5 Å². The third-order valence-electron chi connectivity index (χ3n) is 5.50. The van der Waals surface area contributed by atoms with E-state index in [1.54, 1.807) is 47.2 Å². The van der Waals surface area contributed by atoms with Crippen molar-refractivity contribution in [1.29, 1.82) is 0 Å². The molecule has 0 N–H and O–H groups in total. The molecule has 0 radical (unpaired) electrons. The van der Waals surface area contributed by atoms with E-state index in [1.807, 2.05) is 17.6 Å². The van der Waals surface area contributed by atoms with Crippen LogP contribution in [0.25, 0.3) is 16.9 Å². The van der Waals surface area contributed by atoms with Crippen molar-refractivity contribution in [2.45, 2.75) is 20.0 Å². The van der Waals surface area contributed by atoms with Gasteiger partial charge in [0.15, 0.2) is 16.9 Å². The summed E-state index contributed by atoms with van der Waals surface area (Å²) in [6.07, 6.45) is 3.37. The number of furan rings is 1. The number of carbonyl (C=O) groups is 1. The number of hydrogen-bond donors (Lipinski definition) is 0. The summed E-state index contributed by atoms with van der Waals surface area (Å²) in [5.41, 5.74) is 0.517. The van der Waals surface area contributed by atoms with E-state index >= 15 is 0 Å². The largest absolute Gasteiger partial charge is 0.467 e. The molecule has 0 aliphatic heterocycles. The standard InChI is InChI=1S/C22H18ClN5O4/c1-13-10-27-18-19(24-21(27)26(13)11-16-4-3-9-32-16)25(2)22(31)28(20(18)30)12-17(29)14-5-7-15(23)8-6-14/h3-10H,11-12H2,1-2H3. The molecule has 0 saturated carbocycles. The first-order valence-corrected chi connectivity index (χ1v) is 10.2. The van der Waals surface area contributed by atoms with E-state index in [4.69, 9.17) is 16.0 Å². The Balaban J connectivity index is 1.66. The van der Waals surface area contributed by atoms with Gasteiger partial charge in [-0.15, -0.1) is 0 Å². The summed E-state index contributed by atoms with van der Waals surface area (Å²) >= 11 is 5.88. The highest BCUT2D eigenvalue weighted by molar-refractivity contribution is 6.30. The third kappa shape index (κ3) is 3.09. The molecular weight excluding hydrogens is 434 g/mol. The molecule has 0 aliphatic carbocycles. The first kappa shape index (κ1) is 20.1. The van der Waals surface area contributed by atoms with Crippen molar-refractivity contribution < 1.29 is 9.21 Å². The van der Waals surface area contributed by atoms with Gasteiger partial charge in [0.2, 0.25) is 5.78 Å². The van der Waals surface area contributed by atoms with Gasteiger partial charge in [0.25, 0.3) is 5.56 Å². The maximum Gasteiger partial charge on any atom is 0.332 e. The van der Waals surface area contributed by atoms with E-state index in [0.717, 1.165) is 16.0 Å². The Bertz CT molecular complexity index is 1600. The highest BCUT2D eigenvalue weighted by Gasteiger charge is 2.22. The fourth-order valence-corrected chi connectivity index (χ4v) is 3.95. The number of aromatic nitrogens is 5. The highest BCUT2D eigenvalue weighted by Crippen LogP contribution is 2.18. The SMILES string of the molecule is Cc1cn2c3c(=O)n(CC(=O)c4ccc(Cl)cc4)c(=O)n(C)c3nc2n1Cc1ccco1. The van der Waals surface area contributed by atoms with Crippen LogP contribution >= 0.6 is 11.6 Å². The maximum absolute atomic E-state index is 13.3. The van der Waals surface area contributed by atoms with E-state index in [9.17, 15) is 14.4 Å². The van der Waals surface area contributed by atoms with Crippen molar-refractivity contribution in [3.63, 3.8) is 0 Å². The molecule has 32 heavy (non-hydrogen) atoms. The Kier molecular flexibility index (Phi) is 4.63. The van der Waals surface area contributed by atoms with Crippen LogP contribution in [-0.4, -0.2) is 28.9 Å². The molecule has 5 rings (SSSR count). The molecule has 0 unspecified atom stereocenters. The molecule has 4 aromatic heterocycles. The Morgan fingerprint density at radius 3 is 2.56 bits per heavy atom. The second-order valence-electron chi connectivity index (χ2n) is 7.55. The number of Topliss-reactive ketones (excluding diaryl/α,β-unsaturated/α-hetero) is 1. The topological polar surface area (TPSA) is 96.4 Å². The lowest BCUT2D eigenvalue weighted by atomic mass is 10.1. The summed E-state index contributed by atoms with van der Waals surface area (Å²) in [5.74, 6) is 0.869. The van der Waals surface area contributed by atoms with Crippen LogP contribution in [0.3, 0.4) is 0 Å². The number of fused-ring (bicyclic) bond motifs is 3. The van der Waals surface area contributed by atoms with Gasteiger partial charge in [0.05, 0.1) is 19.4 Å². The number of rotatable bonds is 5. The molecule has 0 amide bonds. The lowest BCUT2D eigenvalue weighted by molar-refractivity contribution is 0.0969. The minimum atomic E-state index is -0.611. The van der Waals surface area contributed by atoms with Crippen LogP contribution in [0.5, 0.6) is 0 Å². The summed E-state index contributed by atoms with van der Waals surface area (Å²) in [5, 5.41) is 0.493. The number of imidazole rings is 2. The number of hydrogen-bond acceptors (Lipinski definition) is 5. The zero-order chi connectivity index (χ0) is 22.6. The summed E-state index contributed by atoms with van der Waals surface area (Å²) < 4.78 is 11.2. The first-order chi connectivity index (χ1) is 15.3. The maximum atomic E-state index is 13.3. The summed E-state index contributed by atoms with van der Waals surface area (Å²) in [6.45, 7) is 1.94. The predicted molar refractivity (Wildman–Crippen MR) is 119 cm³/mol. The van der Waals surface area contributed by atoms with Gasteiger partial charge >= 0.3 is 5.69 Å². The Morgan fingerprint density at radius 2 is 1.88 bits per heavy atom. The van der Waals surface area contributed by atoms with E-state index in [2.05, 4.69) is 4.98 Å². The summed E-state index contributed by atoms with van der Waals surface area (Å²) in [7, 11) is 1.53. The van der Waals surface area contributed by atoms with Gasteiger partial charge in [-0.25, -0.2) is 4.79 Å². The van der Waals surface area contributed by atoms with Crippen molar-refractivity contribution >= 4 is 34.3 Å². The first-order valence-electron chi connectivity index (χ1n) is 9.84. The number of benzene rings is 1. The Labute approximate surface area is 185 Å². The van der Waals surface area contributed by atoms with Crippen LogP contribution in [-0.2, 0) is 20.1 Å². The normalized spacial score (nSPS) is 11.6. The van der Waals surface area contributed by atoms with Gasteiger partial charge in [-0.3, -0.25) is 23.1 Å². The second kappa shape index (κ2) is 7.38. The lowest BCUT2D eigenvalue weighted by Crippen LogP contribution is -2.41. The minimum Gasteiger partial charge on any atom is -0.467 e. The van der Waals surface area contributed by atoms with Gasteiger partial charge in [-0.1, -0.05) is 11.6 Å². The molecule has 9 nitrogen and oxygen atoms in total. The monoisotopic (exact) mass is 451 g/mol. The van der Waals surface area contributed by atoms with E-state index in [1.165, 1.54) is 11.6 Å². The van der Waals surface area contributed by atoms with Gasteiger partial charge in [-0.05, 0) is 43.3 Å². The number of ketones is 1. The lowest BCUT2D eigenvalue weighted by Gasteiger charge is -2.08. The molecule has 0 spiro atoms. The average Bonchev–Trinajstić information content (AvgIpc) is 3.48. The molecule has 0 fully saturated rings. The number of aryl methyl sites for hydroxylation is 2. The van der Waals surface area contributed by atoms with Crippen LogP contribution in [0.4, 0.5) is 0 Å². The molecule has 0 saturated heterocycles. The fraction of sp³-hybridized carbons (Fsp3) is 0.182. The van der Waals surface area contributed by atoms with Crippen LogP contribution in [0.2, 0.25) is 5.02 Å². The number of carbonyl (C=O) groups excluding carboxylic acids is 1. The van der Waals surface area contributed by atoms with Crippen LogP contribution in [0.1, 0.15) is 21.8 Å². The van der Waals surface area contributed by atoms with Crippen molar-refractivity contribution in [3.05, 3.63) is 91.7 Å². The molecule has 10 heteroatoms. The van der Waals surface area contributed by atoms with Gasteiger partial charge in [0.1, 0.15) is 5.76 Å². The molecule has 0 atom stereocenters. The fourth-order valence-electron chi connectivity index (χ4n) is 3.82. The number of nitrogens with zero attached hydrogens (tertiary/aromatic N) is 5. The third-order valence-corrected chi connectivity index (χ3v) is 5.75. The Hall–Kier alpha value is -3.85. The smallest absolute Gasteiger partial charge is 0.332 e. The van der Waals surface area contributed by atoms with Crippen molar-refractivity contribution in [2.24, 2.45) is 7.05 Å². The molecule has 162 valence electrons. The van der Waals surface area contributed by atoms with Crippen molar-refractivity contribution in [1.82, 2.24) is 23.1 Å². The van der Waals surface area contributed by atoms with Crippen molar-refractivity contribution in [2.75, 3.05) is 0 Å². The highest BCUT2D eigenvalue weighted by atomic mass is 35.5. The summed E-state index contributed by atoms with van der Waals surface area (Å²) in [6, 6.07) is 9.95. The Morgan fingerprint density at radius 1 is 1.12 bits per heavy atom. The van der Waals surface area contributed by atoms with Gasteiger partial charge in [-0.2, -0.15) is 4.98 Å². The molecule has 0 aliphatic rings. The predicted octanol–water partition coefficient (Wildman–Crippen LogP) is 2.64. The van der Waals surface area contributed by atoms with Crippen LogP contribution in [0.15, 0.2) is 62.9 Å². The zero-order valence-electron chi connectivity index (χ0n) is 17.3. The summed E-state index contributed by atoms with van der Waals surface area (Å²) in [4.78, 5) is 43.5. The van der Waals surface area contributed by atoms with E-state index in [0.29, 0.717) is 22.9 Å². The molecule has 1 aromatic carbocycles. The molecule has 5 aromatic rings. The van der Waals surface area contributed by atoms with Gasteiger partial charge < -0.3 is 8.98 Å². The minimum absolute atomic E-state index is 0.229. The molecular formula is C22H18ClN5O4. The average molecular weight is 452 g/mol. The quantitative estimate of drug-likeness (QED) is 0.383. The van der Waals surface area contributed by atoms with E-state index < -0.39 is 11.2 Å². The molecule has 4 heterocycles. The second-order valence-corrected chi connectivity index (χ2v) is 7.99. The zero-order valence-corrected chi connectivity index (χ0v) is 18.0. The number of halogens is 1. The molecule has 0 bridgehead atoms. The van der Waals surface area contributed by atoms with E-state index in [-0.39, 0.29) is 23.5 Å².